The van der Waals surface area contributed by atoms with Gasteiger partial charge >= 0.3 is 0 Å². The van der Waals surface area contributed by atoms with Gasteiger partial charge < -0.3 is 5.73 Å². The maximum atomic E-state index is 11.4. The molecule has 1 aliphatic rings. The van der Waals surface area contributed by atoms with Crippen LogP contribution in [0.25, 0.3) is 0 Å². The quantitative estimate of drug-likeness (QED) is 0.558. The van der Waals surface area contributed by atoms with Gasteiger partial charge in [0.1, 0.15) is 0 Å². The minimum Gasteiger partial charge on any atom is -0.329 e. The normalized spacial score (nSPS) is 20.6. The van der Waals surface area contributed by atoms with Crippen molar-refractivity contribution < 1.29 is 8.42 Å². The highest BCUT2D eigenvalue weighted by Crippen LogP contribution is 2.34. The van der Waals surface area contributed by atoms with Gasteiger partial charge in [-0.25, -0.2) is 0 Å². The van der Waals surface area contributed by atoms with Gasteiger partial charge in [-0.3, -0.25) is 0 Å². The molecule has 1 aliphatic carbocycles. The molecule has 0 bridgehead atoms. The van der Waals surface area contributed by atoms with Gasteiger partial charge in [0.25, 0.3) is 10.2 Å². The lowest BCUT2D eigenvalue weighted by Crippen LogP contribution is -2.49. The maximum Gasteiger partial charge on any atom is 0.277 e. The van der Waals surface area contributed by atoms with Gasteiger partial charge in [0.15, 0.2) is 0 Å². The monoisotopic (exact) mass is 207 g/mol. The first-order valence-corrected chi connectivity index (χ1v) is 5.89. The van der Waals surface area contributed by atoms with Gasteiger partial charge in [-0.1, -0.05) is 0 Å². The summed E-state index contributed by atoms with van der Waals surface area (Å²) in [5, 5.41) is 0. The molecule has 0 aliphatic heterocycles. The molecule has 1 fully saturated rings. The highest BCUT2D eigenvalue weighted by atomic mass is 32.2. The summed E-state index contributed by atoms with van der Waals surface area (Å²) in [7, 11) is -3.37. The van der Waals surface area contributed by atoms with E-state index in [9.17, 15) is 8.42 Å². The lowest BCUT2D eigenvalue weighted by atomic mass is 10.3. The van der Waals surface area contributed by atoms with E-state index in [0.717, 1.165) is 12.8 Å². The van der Waals surface area contributed by atoms with Crippen molar-refractivity contribution in [1.82, 2.24) is 9.44 Å². The second-order valence-electron chi connectivity index (χ2n) is 3.86. The van der Waals surface area contributed by atoms with Crippen molar-refractivity contribution in [1.29, 1.82) is 0 Å². The van der Waals surface area contributed by atoms with Crippen LogP contribution >= 0.6 is 0 Å². The summed E-state index contributed by atoms with van der Waals surface area (Å²) in [5.74, 6) is 0. The van der Waals surface area contributed by atoms with Crippen LogP contribution in [0.4, 0.5) is 0 Å². The summed E-state index contributed by atoms with van der Waals surface area (Å²) in [4.78, 5) is 0. The van der Waals surface area contributed by atoms with Crippen LogP contribution in [0, 0.1) is 0 Å². The predicted octanol–water partition coefficient (Wildman–Crippen LogP) is -0.690. The fourth-order valence-corrected chi connectivity index (χ4v) is 2.66. The molecule has 1 rings (SSSR count). The lowest BCUT2D eigenvalue weighted by Gasteiger charge is -2.16. The highest BCUT2D eigenvalue weighted by molar-refractivity contribution is 7.87. The third kappa shape index (κ3) is 3.22. The maximum absolute atomic E-state index is 11.4. The van der Waals surface area contributed by atoms with Crippen LogP contribution in [-0.4, -0.2) is 26.5 Å². The third-order valence-corrected chi connectivity index (χ3v) is 3.47. The van der Waals surface area contributed by atoms with E-state index in [4.69, 9.17) is 5.73 Å². The lowest BCUT2D eigenvalue weighted by molar-refractivity contribution is 0.524. The topological polar surface area (TPSA) is 84.2 Å². The molecule has 0 radical (unpaired) electrons. The van der Waals surface area contributed by atoms with E-state index in [0.29, 0.717) is 6.54 Å². The first-order valence-electron chi connectivity index (χ1n) is 4.40. The van der Waals surface area contributed by atoms with Crippen molar-refractivity contribution >= 4 is 10.2 Å². The Bertz CT molecular complexity index is 269. The minimum absolute atomic E-state index is 0.0916. The van der Waals surface area contributed by atoms with E-state index in [-0.39, 0.29) is 11.6 Å². The average molecular weight is 207 g/mol. The Morgan fingerprint density at radius 2 is 2.00 bits per heavy atom. The van der Waals surface area contributed by atoms with Gasteiger partial charge in [-0.05, 0) is 26.7 Å². The molecule has 0 amide bonds. The number of nitrogens with two attached hydrogens (primary N) is 1. The van der Waals surface area contributed by atoms with E-state index in [1.807, 2.05) is 0 Å². The number of nitrogens with one attached hydrogen (secondary N) is 2. The van der Waals surface area contributed by atoms with Gasteiger partial charge in [0.2, 0.25) is 0 Å². The summed E-state index contributed by atoms with van der Waals surface area (Å²) < 4.78 is 27.8. The van der Waals surface area contributed by atoms with Crippen LogP contribution in [0.3, 0.4) is 0 Å². The minimum atomic E-state index is -3.37. The van der Waals surface area contributed by atoms with Crippen molar-refractivity contribution in [3.05, 3.63) is 0 Å². The molecule has 0 atom stereocenters. The average Bonchev–Trinajstić information content (AvgIpc) is 2.65. The van der Waals surface area contributed by atoms with Crippen LogP contribution in [-0.2, 0) is 10.2 Å². The van der Waals surface area contributed by atoms with Gasteiger partial charge in [-0.2, -0.15) is 17.9 Å². The van der Waals surface area contributed by atoms with Crippen LogP contribution in [0.5, 0.6) is 0 Å². The number of hydrogen-bond donors (Lipinski definition) is 3. The molecule has 0 aromatic heterocycles. The molecular weight excluding hydrogens is 190 g/mol. The summed E-state index contributed by atoms with van der Waals surface area (Å²) >= 11 is 0. The Kier molecular flexibility index (Phi) is 2.96. The van der Waals surface area contributed by atoms with Gasteiger partial charge in [0.05, 0.1) is 0 Å². The zero-order valence-corrected chi connectivity index (χ0v) is 8.82. The Balaban J connectivity index is 2.52. The Hall–Kier alpha value is -0.170. The molecule has 0 aromatic carbocycles. The van der Waals surface area contributed by atoms with E-state index < -0.39 is 10.2 Å². The molecular formula is C7H17N3O2S. The number of rotatable bonds is 5. The van der Waals surface area contributed by atoms with Crippen LogP contribution in [0.2, 0.25) is 0 Å². The molecule has 0 saturated heterocycles. The molecule has 1 saturated carbocycles. The van der Waals surface area contributed by atoms with Crippen LogP contribution in [0.15, 0.2) is 0 Å². The summed E-state index contributed by atoms with van der Waals surface area (Å²) in [5.41, 5.74) is 5.09. The molecule has 0 heterocycles. The molecule has 5 nitrogen and oxygen atoms in total. The molecule has 13 heavy (non-hydrogen) atoms. The molecule has 0 aromatic rings. The van der Waals surface area contributed by atoms with E-state index in [1.54, 1.807) is 13.8 Å². The smallest absolute Gasteiger partial charge is 0.277 e. The first-order chi connectivity index (χ1) is 5.89. The van der Waals surface area contributed by atoms with Crippen molar-refractivity contribution in [3.8, 4) is 0 Å². The third-order valence-electron chi connectivity index (χ3n) is 1.99. The van der Waals surface area contributed by atoms with E-state index in [1.165, 1.54) is 0 Å². The van der Waals surface area contributed by atoms with Crippen molar-refractivity contribution in [2.24, 2.45) is 5.73 Å². The summed E-state index contributed by atoms with van der Waals surface area (Å²) in [6, 6.07) is -0.0916. The molecule has 0 spiro atoms. The first kappa shape index (κ1) is 10.9. The zero-order valence-electron chi connectivity index (χ0n) is 8.00. The zero-order chi connectivity index (χ0) is 10.1. The van der Waals surface area contributed by atoms with Gasteiger partial charge in [0, 0.05) is 18.1 Å². The Morgan fingerprint density at radius 3 is 2.31 bits per heavy atom. The fraction of sp³-hybridized carbons (Fsp3) is 1.00. The standard InChI is InChI=1S/C7H17N3O2S/c1-6(2)9-13(11,12)10-7(5-8)3-4-7/h6,9-10H,3-5,8H2,1-2H3. The molecule has 4 N–H and O–H groups in total. The van der Waals surface area contributed by atoms with Gasteiger partial charge in [-0.15, -0.1) is 0 Å². The van der Waals surface area contributed by atoms with E-state index >= 15 is 0 Å². The molecule has 0 unspecified atom stereocenters. The highest BCUT2D eigenvalue weighted by Gasteiger charge is 2.44. The Morgan fingerprint density at radius 1 is 1.46 bits per heavy atom. The van der Waals surface area contributed by atoms with Crippen molar-refractivity contribution in [2.75, 3.05) is 6.54 Å². The SMILES string of the molecule is CC(C)NS(=O)(=O)NC1(CN)CC1. The number of hydrogen-bond acceptors (Lipinski definition) is 3. The van der Waals surface area contributed by atoms with Crippen LogP contribution < -0.4 is 15.2 Å². The summed E-state index contributed by atoms with van der Waals surface area (Å²) in [6.45, 7) is 3.93. The van der Waals surface area contributed by atoms with Crippen LogP contribution in [0.1, 0.15) is 26.7 Å². The Labute approximate surface area is 79.3 Å². The molecule has 78 valence electrons. The van der Waals surface area contributed by atoms with Crippen molar-refractivity contribution in [2.45, 2.75) is 38.3 Å². The molecule has 6 heteroatoms. The summed E-state index contributed by atoms with van der Waals surface area (Å²) in [6.07, 6.45) is 1.67. The second-order valence-corrected chi connectivity index (χ2v) is 5.31. The fourth-order valence-electron chi connectivity index (χ4n) is 1.12. The van der Waals surface area contributed by atoms with E-state index in [2.05, 4.69) is 9.44 Å². The predicted molar refractivity (Wildman–Crippen MR) is 51.3 cm³/mol. The largest absolute Gasteiger partial charge is 0.329 e. The van der Waals surface area contributed by atoms with Crippen molar-refractivity contribution in [3.63, 3.8) is 0 Å². The second kappa shape index (κ2) is 3.53.